The Hall–Kier alpha value is -4.21. The van der Waals surface area contributed by atoms with Crippen molar-refractivity contribution in [3.63, 3.8) is 0 Å². The van der Waals surface area contributed by atoms with E-state index in [1.165, 1.54) is 22.8 Å². The van der Waals surface area contributed by atoms with Gasteiger partial charge in [-0.2, -0.15) is 18.2 Å². The number of halogens is 3. The molecule has 0 aliphatic carbocycles. The molecule has 2 aromatic heterocycles. The molecule has 2 aromatic carbocycles. The predicted molar refractivity (Wildman–Crippen MR) is 132 cm³/mol. The van der Waals surface area contributed by atoms with Crippen molar-refractivity contribution in [3.05, 3.63) is 88.8 Å². The van der Waals surface area contributed by atoms with Crippen molar-refractivity contribution in [2.45, 2.75) is 26.1 Å². The molecule has 0 amide bonds. The number of fused-ring (bicyclic) bond motifs is 1. The predicted octanol–water partition coefficient (Wildman–Crippen LogP) is 5.42. The summed E-state index contributed by atoms with van der Waals surface area (Å²) in [6.45, 7) is 3.54. The van der Waals surface area contributed by atoms with E-state index >= 15 is 0 Å². The van der Waals surface area contributed by atoms with Crippen molar-refractivity contribution in [1.82, 2.24) is 19.5 Å². The third-order valence-corrected chi connectivity index (χ3v) is 6.03. The molecule has 4 aromatic rings. The molecule has 3 heterocycles. The Morgan fingerprint density at radius 1 is 0.972 bits per heavy atom. The third kappa shape index (κ3) is 4.41. The lowest BCUT2D eigenvalue weighted by Gasteiger charge is -2.31. The van der Waals surface area contributed by atoms with Gasteiger partial charge in [0.25, 0.3) is 5.56 Å². The number of hydrogen-bond acceptors (Lipinski definition) is 6. The first-order valence-electron chi connectivity index (χ1n) is 11.6. The van der Waals surface area contributed by atoms with Gasteiger partial charge >= 0.3 is 6.18 Å². The van der Waals surface area contributed by atoms with Gasteiger partial charge in [0.1, 0.15) is 5.82 Å². The van der Waals surface area contributed by atoms with Gasteiger partial charge < -0.3 is 4.90 Å². The van der Waals surface area contributed by atoms with Crippen LogP contribution in [0.3, 0.4) is 0 Å². The molecule has 10 heteroatoms. The second-order valence-corrected chi connectivity index (χ2v) is 8.27. The minimum absolute atomic E-state index is 0.0279. The van der Waals surface area contributed by atoms with Crippen molar-refractivity contribution in [2.75, 3.05) is 22.9 Å². The standard InChI is InChI=1S/C26H23F3N6O/c1-2-33(18-9-4-3-5-10-18)24-30-14-13-22(32-24)34-15-8-16-35-23(36)17-21(31-25(34)35)19-11-6-7-12-20(19)26(27,28)29/h3-7,9-14,17H,2,8,15-16H2,1H3. The summed E-state index contributed by atoms with van der Waals surface area (Å²) >= 11 is 0. The van der Waals surface area contributed by atoms with E-state index in [1.54, 1.807) is 17.2 Å². The molecule has 7 nitrogen and oxygen atoms in total. The van der Waals surface area contributed by atoms with Crippen LogP contribution in [0.4, 0.5) is 36.6 Å². The zero-order valence-corrected chi connectivity index (χ0v) is 19.5. The Kier molecular flexibility index (Phi) is 6.17. The second-order valence-electron chi connectivity index (χ2n) is 8.27. The first-order valence-corrected chi connectivity index (χ1v) is 11.6. The number of aromatic nitrogens is 4. The van der Waals surface area contributed by atoms with E-state index < -0.39 is 17.3 Å². The minimum atomic E-state index is -4.58. The average Bonchev–Trinajstić information content (AvgIpc) is 2.89. The number of nitrogens with zero attached hydrogens (tertiary/aromatic N) is 6. The fourth-order valence-corrected chi connectivity index (χ4v) is 4.37. The van der Waals surface area contributed by atoms with Crippen molar-refractivity contribution >= 4 is 23.4 Å². The summed E-state index contributed by atoms with van der Waals surface area (Å²) in [6.07, 6.45) is -2.29. The van der Waals surface area contributed by atoms with Crippen LogP contribution in [-0.2, 0) is 12.7 Å². The summed E-state index contributed by atoms with van der Waals surface area (Å²) in [6, 6.07) is 17.7. The summed E-state index contributed by atoms with van der Waals surface area (Å²) in [7, 11) is 0. The van der Waals surface area contributed by atoms with E-state index in [2.05, 4.69) is 9.97 Å². The molecule has 0 radical (unpaired) electrons. The number of anilines is 4. The van der Waals surface area contributed by atoms with Gasteiger partial charge in [0.2, 0.25) is 11.9 Å². The minimum Gasteiger partial charge on any atom is -0.311 e. The van der Waals surface area contributed by atoms with Gasteiger partial charge in [-0.1, -0.05) is 36.4 Å². The number of para-hydroxylation sites is 1. The van der Waals surface area contributed by atoms with Gasteiger partial charge in [-0.05, 0) is 37.6 Å². The molecule has 0 fully saturated rings. The summed E-state index contributed by atoms with van der Waals surface area (Å²) in [4.78, 5) is 30.4. The van der Waals surface area contributed by atoms with Gasteiger partial charge in [-0.15, -0.1) is 0 Å². The molecule has 0 atom stereocenters. The van der Waals surface area contributed by atoms with Gasteiger partial charge in [0.15, 0.2) is 0 Å². The molecule has 0 saturated heterocycles. The lowest BCUT2D eigenvalue weighted by atomic mass is 10.0. The molecule has 0 bridgehead atoms. The Morgan fingerprint density at radius 2 is 1.72 bits per heavy atom. The summed E-state index contributed by atoms with van der Waals surface area (Å²) in [5.41, 5.74) is -0.488. The van der Waals surface area contributed by atoms with E-state index in [9.17, 15) is 18.0 Å². The molecule has 36 heavy (non-hydrogen) atoms. The maximum atomic E-state index is 13.7. The summed E-state index contributed by atoms with van der Waals surface area (Å²) in [5, 5.41) is 0. The van der Waals surface area contributed by atoms with Crippen molar-refractivity contribution in [2.24, 2.45) is 0 Å². The molecular formula is C26H23F3N6O. The van der Waals surface area contributed by atoms with E-state index in [0.29, 0.717) is 37.8 Å². The number of benzene rings is 2. The van der Waals surface area contributed by atoms with Crippen LogP contribution < -0.4 is 15.4 Å². The topological polar surface area (TPSA) is 67.2 Å². The Morgan fingerprint density at radius 3 is 2.47 bits per heavy atom. The molecular weight excluding hydrogens is 469 g/mol. The monoisotopic (exact) mass is 492 g/mol. The van der Waals surface area contributed by atoms with Gasteiger partial charge in [-0.25, -0.2) is 9.97 Å². The van der Waals surface area contributed by atoms with Crippen LogP contribution in [0.25, 0.3) is 11.3 Å². The molecule has 1 aliphatic heterocycles. The molecule has 0 N–H and O–H groups in total. The molecule has 0 unspecified atom stereocenters. The Bertz CT molecular complexity index is 1440. The van der Waals surface area contributed by atoms with Gasteiger partial charge in [-0.3, -0.25) is 14.3 Å². The quantitative estimate of drug-likeness (QED) is 0.371. The Labute approximate surface area is 205 Å². The average molecular weight is 493 g/mol. The van der Waals surface area contributed by atoms with Crippen molar-refractivity contribution in [3.8, 4) is 11.3 Å². The molecule has 0 saturated carbocycles. The highest BCUT2D eigenvalue weighted by Crippen LogP contribution is 2.37. The highest BCUT2D eigenvalue weighted by molar-refractivity contribution is 5.67. The lowest BCUT2D eigenvalue weighted by molar-refractivity contribution is -0.137. The van der Waals surface area contributed by atoms with E-state index in [0.717, 1.165) is 17.8 Å². The number of hydrogen-bond donors (Lipinski definition) is 0. The van der Waals surface area contributed by atoms with Crippen molar-refractivity contribution < 1.29 is 13.2 Å². The maximum absolute atomic E-state index is 13.7. The largest absolute Gasteiger partial charge is 0.417 e. The SMILES string of the molecule is CCN(c1ccccc1)c1nccc(N2CCCn3c2nc(-c2ccccc2C(F)(F)F)cc3=O)n1. The highest BCUT2D eigenvalue weighted by atomic mass is 19.4. The van der Waals surface area contributed by atoms with Gasteiger partial charge in [0.05, 0.1) is 11.3 Å². The Balaban J connectivity index is 1.60. The maximum Gasteiger partial charge on any atom is 0.417 e. The zero-order chi connectivity index (χ0) is 25.3. The fourth-order valence-electron chi connectivity index (χ4n) is 4.37. The van der Waals surface area contributed by atoms with Crippen LogP contribution in [0.15, 0.2) is 77.7 Å². The van der Waals surface area contributed by atoms with Gasteiger partial charge in [0, 0.05) is 43.1 Å². The van der Waals surface area contributed by atoms with Crippen LogP contribution in [0.2, 0.25) is 0 Å². The molecule has 5 rings (SSSR count). The first-order chi connectivity index (χ1) is 17.4. The normalized spacial score (nSPS) is 13.4. The van der Waals surface area contributed by atoms with Crippen molar-refractivity contribution in [1.29, 1.82) is 0 Å². The lowest BCUT2D eigenvalue weighted by Crippen LogP contribution is -2.36. The van der Waals surface area contributed by atoms with E-state index in [-0.39, 0.29) is 17.2 Å². The van der Waals surface area contributed by atoms with E-state index in [1.807, 2.05) is 42.2 Å². The summed E-state index contributed by atoms with van der Waals surface area (Å²) in [5.74, 6) is 1.24. The molecule has 184 valence electrons. The fraction of sp³-hybridized carbons (Fsp3) is 0.231. The second kappa shape index (κ2) is 9.44. The highest BCUT2D eigenvalue weighted by Gasteiger charge is 2.34. The smallest absolute Gasteiger partial charge is 0.311 e. The summed E-state index contributed by atoms with van der Waals surface area (Å²) < 4.78 is 42.5. The van der Waals surface area contributed by atoms with Crippen LogP contribution in [0.1, 0.15) is 18.9 Å². The van der Waals surface area contributed by atoms with Crippen LogP contribution in [0, 0.1) is 0 Å². The third-order valence-electron chi connectivity index (χ3n) is 6.03. The molecule has 1 aliphatic rings. The zero-order valence-electron chi connectivity index (χ0n) is 19.5. The number of rotatable bonds is 5. The van der Waals surface area contributed by atoms with E-state index in [4.69, 9.17) is 4.98 Å². The van der Waals surface area contributed by atoms with Crippen LogP contribution >= 0.6 is 0 Å². The number of alkyl halides is 3. The van der Waals surface area contributed by atoms with Crippen LogP contribution in [-0.4, -0.2) is 32.6 Å². The van der Waals surface area contributed by atoms with Crippen LogP contribution in [0.5, 0.6) is 0 Å². The first kappa shape index (κ1) is 23.5. The molecule has 0 spiro atoms.